The van der Waals surface area contributed by atoms with Gasteiger partial charge in [-0.15, -0.1) is 0 Å². The smallest absolute Gasteiger partial charge is 0.545 e. The predicted octanol–water partition coefficient (Wildman–Crippen LogP) is -2.76. The van der Waals surface area contributed by atoms with Gasteiger partial charge in [0.2, 0.25) is 0 Å². The largest absolute Gasteiger partial charge is 1.00 e. The van der Waals surface area contributed by atoms with E-state index in [9.17, 15) is 14.7 Å². The van der Waals surface area contributed by atoms with Gasteiger partial charge in [-0.2, -0.15) is 0 Å². The summed E-state index contributed by atoms with van der Waals surface area (Å²) >= 11 is 0. The quantitative estimate of drug-likeness (QED) is 0.435. The maximum atomic E-state index is 11.5. The fourth-order valence-electron chi connectivity index (χ4n) is 1.35. The number of carbonyl (C=O) groups is 2. The van der Waals surface area contributed by atoms with Crippen LogP contribution in [0.4, 0.5) is 0 Å². The molecule has 0 amide bonds. The number of aryl methyl sites for hydroxylation is 2. The van der Waals surface area contributed by atoms with Crippen molar-refractivity contribution in [3.63, 3.8) is 0 Å². The first-order valence-electron chi connectivity index (χ1n) is 4.84. The van der Waals surface area contributed by atoms with Crippen molar-refractivity contribution in [2.45, 2.75) is 20.8 Å². The van der Waals surface area contributed by atoms with Crippen LogP contribution in [0.2, 0.25) is 0 Å². The van der Waals surface area contributed by atoms with Crippen molar-refractivity contribution in [1.82, 2.24) is 4.98 Å². The SMILES string of the molecule is CCOC(=O)c1cc(C(=O)[O-])c(C)nc1C.[K+]. The zero-order valence-electron chi connectivity index (χ0n) is 10.4. The summed E-state index contributed by atoms with van der Waals surface area (Å²) in [5.74, 6) is -1.93. The number of carbonyl (C=O) groups excluding carboxylic acids is 2. The molecule has 0 spiro atoms. The Morgan fingerprint density at radius 2 is 1.82 bits per heavy atom. The van der Waals surface area contributed by atoms with E-state index in [1.165, 1.54) is 6.07 Å². The molecule has 0 aliphatic rings. The number of ether oxygens (including phenoxy) is 1. The number of nitrogens with zero attached hydrogens (tertiary/aromatic N) is 1. The van der Waals surface area contributed by atoms with Crippen LogP contribution >= 0.6 is 0 Å². The van der Waals surface area contributed by atoms with Crippen molar-refractivity contribution in [2.75, 3.05) is 6.61 Å². The third-order valence-electron chi connectivity index (χ3n) is 2.12. The van der Waals surface area contributed by atoms with Crippen LogP contribution in [0.3, 0.4) is 0 Å². The van der Waals surface area contributed by atoms with Gasteiger partial charge in [0.25, 0.3) is 0 Å². The number of hydrogen-bond donors (Lipinski definition) is 0. The van der Waals surface area contributed by atoms with Crippen LogP contribution in [0.15, 0.2) is 6.07 Å². The van der Waals surface area contributed by atoms with Gasteiger partial charge in [0.15, 0.2) is 0 Å². The first-order valence-corrected chi connectivity index (χ1v) is 4.84. The van der Waals surface area contributed by atoms with Gasteiger partial charge in [-0.3, -0.25) is 4.98 Å². The molecule has 0 unspecified atom stereocenters. The van der Waals surface area contributed by atoms with Gasteiger partial charge in [-0.05, 0) is 26.8 Å². The Bertz CT molecular complexity index is 445. The fraction of sp³-hybridized carbons (Fsp3) is 0.364. The van der Waals surface area contributed by atoms with Crippen LogP contribution < -0.4 is 56.5 Å². The molecule has 0 fully saturated rings. The molecule has 0 N–H and O–H groups in total. The molecular weight excluding hydrogens is 249 g/mol. The molecule has 0 saturated carbocycles. The number of pyridine rings is 1. The van der Waals surface area contributed by atoms with Crippen molar-refractivity contribution in [3.8, 4) is 0 Å². The molecule has 5 nitrogen and oxygen atoms in total. The average Bonchev–Trinajstić information content (AvgIpc) is 2.17. The fourth-order valence-corrected chi connectivity index (χ4v) is 1.35. The number of aromatic carboxylic acids is 1. The minimum Gasteiger partial charge on any atom is -0.545 e. The molecule has 0 aliphatic heterocycles. The Kier molecular flexibility index (Phi) is 7.11. The van der Waals surface area contributed by atoms with E-state index in [0.29, 0.717) is 11.4 Å². The van der Waals surface area contributed by atoms with E-state index in [1.54, 1.807) is 20.8 Å². The van der Waals surface area contributed by atoms with Crippen LogP contribution in [0, 0.1) is 13.8 Å². The van der Waals surface area contributed by atoms with Crippen LogP contribution in [0.5, 0.6) is 0 Å². The van der Waals surface area contributed by atoms with Crippen molar-refractivity contribution in [3.05, 3.63) is 28.6 Å². The van der Waals surface area contributed by atoms with E-state index in [4.69, 9.17) is 4.74 Å². The molecule has 1 aromatic heterocycles. The van der Waals surface area contributed by atoms with Crippen molar-refractivity contribution in [2.24, 2.45) is 0 Å². The van der Waals surface area contributed by atoms with E-state index in [-0.39, 0.29) is 69.1 Å². The first-order chi connectivity index (χ1) is 7.47. The minimum absolute atomic E-state index is 0. The Balaban J connectivity index is 0.00000256. The van der Waals surface area contributed by atoms with Crippen LogP contribution in [-0.4, -0.2) is 23.5 Å². The molecule has 0 radical (unpaired) electrons. The second-order valence-corrected chi connectivity index (χ2v) is 3.26. The summed E-state index contributed by atoms with van der Waals surface area (Å²) in [4.78, 5) is 26.2. The summed E-state index contributed by atoms with van der Waals surface area (Å²) in [7, 11) is 0. The topological polar surface area (TPSA) is 79.3 Å². The van der Waals surface area contributed by atoms with Crippen LogP contribution in [0.1, 0.15) is 39.0 Å². The second-order valence-electron chi connectivity index (χ2n) is 3.26. The van der Waals surface area contributed by atoms with E-state index in [0.717, 1.165) is 0 Å². The molecule has 0 aliphatic carbocycles. The van der Waals surface area contributed by atoms with E-state index in [2.05, 4.69) is 4.98 Å². The summed E-state index contributed by atoms with van der Waals surface area (Å²) in [6.45, 7) is 5.08. The minimum atomic E-state index is -1.35. The Morgan fingerprint density at radius 3 is 2.29 bits per heavy atom. The molecule has 0 atom stereocenters. The van der Waals surface area contributed by atoms with Gasteiger partial charge >= 0.3 is 57.4 Å². The molecule has 0 saturated heterocycles. The monoisotopic (exact) mass is 261 g/mol. The molecule has 86 valence electrons. The van der Waals surface area contributed by atoms with Crippen molar-refractivity contribution < 1.29 is 70.8 Å². The zero-order valence-corrected chi connectivity index (χ0v) is 13.5. The number of esters is 1. The Labute approximate surface area is 142 Å². The number of hydrogen-bond acceptors (Lipinski definition) is 5. The third kappa shape index (κ3) is 4.15. The van der Waals surface area contributed by atoms with Crippen LogP contribution in [-0.2, 0) is 4.74 Å². The zero-order chi connectivity index (χ0) is 12.3. The van der Waals surface area contributed by atoms with E-state index >= 15 is 0 Å². The van der Waals surface area contributed by atoms with Gasteiger partial charge in [0, 0.05) is 11.3 Å². The Morgan fingerprint density at radius 1 is 1.29 bits per heavy atom. The van der Waals surface area contributed by atoms with Crippen LogP contribution in [0.25, 0.3) is 0 Å². The summed E-state index contributed by atoms with van der Waals surface area (Å²) in [6.07, 6.45) is 0. The number of rotatable bonds is 3. The number of aromatic nitrogens is 1. The molecule has 6 heteroatoms. The van der Waals surface area contributed by atoms with Gasteiger partial charge in [-0.1, -0.05) is 0 Å². The van der Waals surface area contributed by atoms with Crippen molar-refractivity contribution >= 4 is 11.9 Å². The number of carboxylic acids is 1. The van der Waals surface area contributed by atoms with E-state index < -0.39 is 11.9 Å². The predicted molar refractivity (Wildman–Crippen MR) is 54.0 cm³/mol. The molecule has 1 heterocycles. The summed E-state index contributed by atoms with van der Waals surface area (Å²) in [5.41, 5.74) is 0.840. The normalized spacial score (nSPS) is 9.35. The standard InChI is InChI=1S/C11H13NO4.K/c1-4-16-11(15)9-5-8(10(13)14)6(2)12-7(9)3;/h5H,4H2,1-3H3,(H,13,14);/q;+1/p-1. The summed E-state index contributed by atoms with van der Waals surface area (Å²) in [5, 5.41) is 10.8. The molecule has 17 heavy (non-hydrogen) atoms. The van der Waals surface area contributed by atoms with Gasteiger partial charge in [-0.25, -0.2) is 4.79 Å². The Hall–Kier alpha value is -0.274. The molecule has 0 bridgehead atoms. The van der Waals surface area contributed by atoms with Gasteiger partial charge < -0.3 is 14.6 Å². The molecular formula is C11H12KNO4. The summed E-state index contributed by atoms with van der Waals surface area (Å²) in [6, 6.07) is 1.24. The van der Waals surface area contributed by atoms with Gasteiger partial charge in [0.1, 0.15) is 0 Å². The van der Waals surface area contributed by atoms with Crippen molar-refractivity contribution in [1.29, 1.82) is 0 Å². The second kappa shape index (κ2) is 7.23. The first kappa shape index (κ1) is 16.7. The maximum absolute atomic E-state index is 11.5. The molecule has 0 aromatic carbocycles. The molecule has 1 rings (SSSR count). The third-order valence-corrected chi connectivity index (χ3v) is 2.12. The van der Waals surface area contributed by atoms with E-state index in [1.807, 2.05) is 0 Å². The average molecular weight is 261 g/mol. The number of carboxylic acid groups (broad SMARTS) is 1. The molecule has 1 aromatic rings. The summed E-state index contributed by atoms with van der Waals surface area (Å²) < 4.78 is 4.79. The van der Waals surface area contributed by atoms with Gasteiger partial charge in [0.05, 0.1) is 23.8 Å². The maximum Gasteiger partial charge on any atom is 1.00 e.